The Morgan fingerprint density at radius 1 is 0.545 bits per heavy atom. The van der Waals surface area contributed by atoms with Crippen LogP contribution in [0.25, 0.3) is 23.4 Å². The number of benzene rings is 4. The molecule has 0 spiro atoms. The summed E-state index contributed by atoms with van der Waals surface area (Å²) in [5, 5.41) is 21.4. The fourth-order valence-corrected chi connectivity index (χ4v) is 11.5. The number of nitrogens with zero attached hydrogens (tertiary/aromatic N) is 1. The molecule has 0 atom stereocenters. The van der Waals surface area contributed by atoms with E-state index in [9.17, 15) is 15.0 Å². The lowest BCUT2D eigenvalue weighted by atomic mass is 9.66. The third-order valence-corrected chi connectivity index (χ3v) is 18.1. The Labute approximate surface area is 466 Å². The van der Waals surface area contributed by atoms with E-state index in [4.69, 9.17) is 19.0 Å². The van der Waals surface area contributed by atoms with Crippen molar-refractivity contribution in [1.29, 1.82) is 0 Å². The second kappa shape index (κ2) is 25.8. The summed E-state index contributed by atoms with van der Waals surface area (Å²) in [7, 11) is -0.352. The van der Waals surface area contributed by atoms with Crippen LogP contribution in [0.1, 0.15) is 214 Å². The van der Waals surface area contributed by atoms with E-state index in [1.807, 2.05) is 58.9 Å². The van der Waals surface area contributed by atoms with Crippen LogP contribution in [0.5, 0.6) is 0 Å². The topological polar surface area (TPSA) is 98.1 Å². The van der Waals surface area contributed by atoms with Crippen molar-refractivity contribution in [3.05, 3.63) is 163 Å². The van der Waals surface area contributed by atoms with Crippen molar-refractivity contribution in [2.45, 2.75) is 223 Å². The Morgan fingerprint density at radius 3 is 1.27 bits per heavy atom. The number of hydrogen-bond acceptors (Lipinski definition) is 7. The zero-order valence-corrected chi connectivity index (χ0v) is 50.9. The second-order valence-electron chi connectivity index (χ2n) is 23.1. The van der Waals surface area contributed by atoms with Gasteiger partial charge in [-0.15, -0.1) is 0 Å². The molecule has 0 unspecified atom stereocenters. The van der Waals surface area contributed by atoms with Gasteiger partial charge in [0.1, 0.15) is 0 Å². The van der Waals surface area contributed by atoms with Gasteiger partial charge < -0.3 is 24.3 Å². The Morgan fingerprint density at radius 2 is 0.935 bits per heavy atom. The number of esters is 1. The van der Waals surface area contributed by atoms with E-state index in [0.29, 0.717) is 32.3 Å². The van der Waals surface area contributed by atoms with Crippen molar-refractivity contribution in [3.63, 3.8) is 0 Å². The van der Waals surface area contributed by atoms with Gasteiger partial charge in [-0.3, -0.25) is 9.78 Å². The van der Waals surface area contributed by atoms with Crippen molar-refractivity contribution >= 4 is 30.7 Å². The Kier molecular flexibility index (Phi) is 21.0. The fraction of sp³-hybridized carbons (Fsp3) is 0.507. The lowest BCUT2D eigenvalue weighted by Crippen LogP contribution is -2.41. The van der Waals surface area contributed by atoms with Gasteiger partial charge in [0, 0.05) is 22.6 Å². The van der Waals surface area contributed by atoms with Gasteiger partial charge in [0.05, 0.1) is 41.1 Å². The molecular weight excluding hydrogens is 950 g/mol. The predicted octanol–water partition coefficient (Wildman–Crippen LogP) is 16.0. The molecule has 1 saturated heterocycles. The maximum Gasteiger partial charge on any atom is 0.495 e. The van der Waals surface area contributed by atoms with Crippen LogP contribution in [-0.2, 0) is 36.1 Å². The molecule has 2 heterocycles. The number of aromatic nitrogens is 1. The largest absolute Gasteiger partial charge is 0.495 e. The Balaban J connectivity index is 0.000000285. The van der Waals surface area contributed by atoms with Crippen LogP contribution in [0.15, 0.2) is 91.1 Å². The summed E-state index contributed by atoms with van der Waals surface area (Å²) >= 11 is 0. The molecule has 2 N–H and O–H groups in total. The number of carbonyl (C=O) groups excluding carboxylic acids is 1. The highest BCUT2D eigenvalue weighted by Gasteiger charge is 2.52. The Hall–Kier alpha value is -5.12. The molecule has 8 heteroatoms. The summed E-state index contributed by atoms with van der Waals surface area (Å²) in [5.41, 5.74) is 16.6. The molecule has 0 aliphatic carbocycles. The number of aryl methyl sites for hydroxylation is 6. The summed E-state index contributed by atoms with van der Waals surface area (Å²) in [6.45, 7) is 40.9. The number of aliphatic hydroxyl groups is 2. The molecule has 416 valence electrons. The number of hydrogen-bond donors (Lipinski definition) is 2. The number of pyridine rings is 1. The zero-order chi connectivity index (χ0) is 57.3. The molecule has 0 bridgehead atoms. The molecule has 0 saturated carbocycles. The Bertz CT molecular complexity index is 2790. The van der Waals surface area contributed by atoms with Crippen molar-refractivity contribution < 1.29 is 29.1 Å². The number of ether oxygens (including phenoxy) is 1. The van der Waals surface area contributed by atoms with E-state index in [1.165, 1.54) is 55.6 Å². The van der Waals surface area contributed by atoms with Gasteiger partial charge in [-0.1, -0.05) is 158 Å². The molecule has 5 aromatic rings. The lowest BCUT2D eigenvalue weighted by molar-refractivity contribution is -0.142. The summed E-state index contributed by atoms with van der Waals surface area (Å²) in [4.78, 5) is 16.6. The minimum atomic E-state index is -0.755. The number of carbonyl (C=O) groups is 1. The molecule has 1 aliphatic rings. The smallest absolute Gasteiger partial charge is 0.466 e. The standard InChI is InChI=1S/C36H47NO3.C33H49BO3/c1-9-35(39,10-2)19-18-29-15-16-30(20-25(29)6)36(11-3,12-4)31-21-26(7)34(27(8)22-31)32-17-14-28(24-37-32)23-33(38)40-13-5;1-12-32(35,13-2)19-18-26-16-17-27(20-23(26)5)33(14-3,15-4)28-21-24(6)29(25(7)22-28)34-36-30(8,9)31(10,11)37-34/h14-22,24,39H,9-13,23H2,1-8H3;16-22,35H,12-15H2,1-11H3/b2*19-18+. The van der Waals surface area contributed by atoms with Crippen molar-refractivity contribution in [2.75, 3.05) is 6.61 Å². The first kappa shape index (κ1) is 62.7. The van der Waals surface area contributed by atoms with Crippen LogP contribution in [-0.4, -0.2) is 57.3 Å². The minimum absolute atomic E-state index is 0.0788. The zero-order valence-electron chi connectivity index (χ0n) is 50.9. The molecule has 77 heavy (non-hydrogen) atoms. The van der Waals surface area contributed by atoms with Crippen LogP contribution in [0.2, 0.25) is 0 Å². The highest BCUT2D eigenvalue weighted by molar-refractivity contribution is 6.63. The molecule has 1 aliphatic heterocycles. The van der Waals surface area contributed by atoms with Gasteiger partial charge >= 0.3 is 13.1 Å². The summed E-state index contributed by atoms with van der Waals surface area (Å²) < 4.78 is 17.9. The molecule has 0 amide bonds. The normalized spacial score (nSPS) is 14.8. The molecule has 7 nitrogen and oxygen atoms in total. The van der Waals surface area contributed by atoms with E-state index in [-0.39, 0.29) is 41.5 Å². The minimum Gasteiger partial charge on any atom is -0.466 e. The highest BCUT2D eigenvalue weighted by atomic mass is 16.7. The van der Waals surface area contributed by atoms with Gasteiger partial charge in [-0.05, 0) is 200 Å². The SMILES string of the molecule is CCC(O)(/C=C/c1ccc(C(CC)(CC)c2cc(C)c(B3OC(C)(C)C(C)(C)O3)c(C)c2)cc1C)CC.CCOC(=O)Cc1ccc(-c2c(C)cc(C(CC)(CC)c3ccc(/C=C/C(O)(CC)CC)c(C)c3)cc2C)nc1. The van der Waals surface area contributed by atoms with Crippen LogP contribution in [0.4, 0.5) is 0 Å². The first-order chi connectivity index (χ1) is 36.2. The molecular formula is C69H96BNO6. The average molecular weight is 1050 g/mol. The lowest BCUT2D eigenvalue weighted by Gasteiger charge is -2.35. The van der Waals surface area contributed by atoms with E-state index in [1.54, 1.807) is 6.20 Å². The average Bonchev–Trinajstić information content (AvgIpc) is 3.61. The van der Waals surface area contributed by atoms with Gasteiger partial charge in [-0.2, -0.15) is 0 Å². The van der Waals surface area contributed by atoms with Crippen LogP contribution in [0, 0.1) is 41.5 Å². The monoisotopic (exact) mass is 1050 g/mol. The van der Waals surface area contributed by atoms with Crippen LogP contribution >= 0.6 is 0 Å². The maximum atomic E-state index is 11.9. The molecule has 6 rings (SSSR count). The van der Waals surface area contributed by atoms with E-state index >= 15 is 0 Å². The summed E-state index contributed by atoms with van der Waals surface area (Å²) in [6.07, 6.45) is 16.9. The van der Waals surface area contributed by atoms with Gasteiger partial charge in [0.15, 0.2) is 0 Å². The van der Waals surface area contributed by atoms with Crippen LogP contribution < -0.4 is 5.46 Å². The first-order valence-corrected chi connectivity index (χ1v) is 29.0. The number of rotatable bonds is 21. The molecule has 1 aromatic heterocycles. The third-order valence-electron chi connectivity index (χ3n) is 18.1. The predicted molar refractivity (Wildman–Crippen MR) is 325 cm³/mol. The molecule has 0 radical (unpaired) electrons. The van der Waals surface area contributed by atoms with Gasteiger partial charge in [0.2, 0.25) is 0 Å². The first-order valence-electron chi connectivity index (χ1n) is 29.0. The summed E-state index contributed by atoms with van der Waals surface area (Å²) in [6, 6.07) is 27.0. The quantitative estimate of drug-likeness (QED) is 0.0558. The molecule has 1 fully saturated rings. The highest BCUT2D eigenvalue weighted by Crippen LogP contribution is 2.44. The van der Waals surface area contributed by atoms with Gasteiger partial charge in [-0.25, -0.2) is 0 Å². The van der Waals surface area contributed by atoms with Crippen molar-refractivity contribution in [1.82, 2.24) is 4.98 Å². The second-order valence-corrected chi connectivity index (χ2v) is 23.1. The van der Waals surface area contributed by atoms with E-state index in [0.717, 1.165) is 59.1 Å². The van der Waals surface area contributed by atoms with E-state index < -0.39 is 11.2 Å². The van der Waals surface area contributed by atoms with Crippen LogP contribution in [0.3, 0.4) is 0 Å². The molecule has 4 aromatic carbocycles. The van der Waals surface area contributed by atoms with E-state index in [2.05, 4.69) is 170 Å². The van der Waals surface area contributed by atoms with Crippen molar-refractivity contribution in [3.8, 4) is 11.3 Å². The third kappa shape index (κ3) is 13.7. The maximum absolute atomic E-state index is 11.9. The summed E-state index contributed by atoms with van der Waals surface area (Å²) in [5.74, 6) is -0.230. The van der Waals surface area contributed by atoms with Crippen molar-refractivity contribution in [2.24, 2.45) is 0 Å². The van der Waals surface area contributed by atoms with Gasteiger partial charge in [0.25, 0.3) is 0 Å². The fourth-order valence-electron chi connectivity index (χ4n) is 11.5.